The number of rotatable bonds is 4. The number of hydrogen-bond donors (Lipinski definition) is 0. The Morgan fingerprint density at radius 2 is 1.97 bits per heavy atom. The molecule has 0 fully saturated rings. The maximum Gasteiger partial charge on any atom is 0.413 e. The standard InChI is InChI=1S/C23H20ClF3N6OS/c1-13-20(35-12-29-13)22(34)31(2)21(23(25,26)27)14-5-7-15(8-6-14)32-9-3-4-16-17(32)11-28-19-10-18(24)30-33(16)19/h5-8,10-12,21H,3-4,9H2,1-2H3/t21-/m0/s1. The first kappa shape index (κ1) is 23.6. The molecule has 0 saturated heterocycles. The number of carbonyl (C=O) groups excluding carboxylic acids is 1. The minimum absolute atomic E-state index is 0.0241. The summed E-state index contributed by atoms with van der Waals surface area (Å²) in [5.74, 6) is -0.714. The van der Waals surface area contributed by atoms with E-state index in [0.717, 1.165) is 46.1 Å². The van der Waals surface area contributed by atoms with Crippen molar-refractivity contribution in [2.75, 3.05) is 18.5 Å². The van der Waals surface area contributed by atoms with Crippen molar-refractivity contribution < 1.29 is 18.0 Å². The summed E-state index contributed by atoms with van der Waals surface area (Å²) in [5.41, 5.74) is 4.97. The predicted octanol–water partition coefficient (Wildman–Crippen LogP) is 5.61. The van der Waals surface area contributed by atoms with E-state index in [0.29, 0.717) is 23.0 Å². The van der Waals surface area contributed by atoms with Crippen LogP contribution in [0.2, 0.25) is 5.15 Å². The molecule has 1 aliphatic rings. The van der Waals surface area contributed by atoms with E-state index in [4.69, 9.17) is 11.6 Å². The van der Waals surface area contributed by atoms with Crippen LogP contribution < -0.4 is 4.90 Å². The summed E-state index contributed by atoms with van der Waals surface area (Å²) in [5, 5.41) is 4.65. The highest BCUT2D eigenvalue weighted by atomic mass is 35.5. The largest absolute Gasteiger partial charge is 0.413 e. The number of alkyl halides is 3. The highest BCUT2D eigenvalue weighted by Crippen LogP contribution is 2.40. The monoisotopic (exact) mass is 520 g/mol. The molecular weight excluding hydrogens is 501 g/mol. The third kappa shape index (κ3) is 4.23. The van der Waals surface area contributed by atoms with E-state index in [1.165, 1.54) is 24.7 Å². The lowest BCUT2D eigenvalue weighted by molar-refractivity contribution is -0.176. The van der Waals surface area contributed by atoms with Gasteiger partial charge in [-0.15, -0.1) is 11.3 Å². The first-order chi connectivity index (χ1) is 16.6. The van der Waals surface area contributed by atoms with Crippen molar-refractivity contribution in [3.8, 4) is 0 Å². The number of halogens is 4. The summed E-state index contributed by atoms with van der Waals surface area (Å²) in [6, 6.07) is 5.70. The van der Waals surface area contributed by atoms with Crippen molar-refractivity contribution in [2.24, 2.45) is 0 Å². The average Bonchev–Trinajstić information content (AvgIpc) is 3.42. The van der Waals surface area contributed by atoms with Crippen LogP contribution >= 0.6 is 22.9 Å². The highest BCUT2D eigenvalue weighted by molar-refractivity contribution is 7.11. The van der Waals surface area contributed by atoms with Gasteiger partial charge < -0.3 is 9.80 Å². The van der Waals surface area contributed by atoms with Gasteiger partial charge in [0, 0.05) is 25.3 Å². The summed E-state index contributed by atoms with van der Waals surface area (Å²) in [6.45, 7) is 2.28. The molecule has 1 aliphatic heterocycles. The van der Waals surface area contributed by atoms with E-state index in [9.17, 15) is 18.0 Å². The second-order valence-electron chi connectivity index (χ2n) is 8.30. The van der Waals surface area contributed by atoms with Crippen molar-refractivity contribution in [2.45, 2.75) is 32.0 Å². The molecule has 4 aromatic rings. The fourth-order valence-corrected chi connectivity index (χ4v) is 5.41. The van der Waals surface area contributed by atoms with Gasteiger partial charge in [-0.2, -0.15) is 18.3 Å². The van der Waals surface area contributed by atoms with E-state index >= 15 is 0 Å². The molecule has 1 aromatic carbocycles. The van der Waals surface area contributed by atoms with Crippen molar-refractivity contribution >= 4 is 45.9 Å². The highest BCUT2D eigenvalue weighted by Gasteiger charge is 2.45. The van der Waals surface area contributed by atoms with Crippen LogP contribution in [-0.4, -0.2) is 50.2 Å². The normalized spacial score (nSPS) is 14.7. The second-order valence-corrected chi connectivity index (χ2v) is 9.54. The van der Waals surface area contributed by atoms with Crippen molar-refractivity contribution in [3.05, 3.63) is 69.0 Å². The SMILES string of the molecule is Cc1ncsc1C(=O)N(C)[C@@H](c1ccc(N2CCCc3c2cnc2cc(Cl)nn32)cc1)C(F)(F)F. The van der Waals surface area contributed by atoms with Gasteiger partial charge in [-0.25, -0.2) is 14.5 Å². The van der Waals surface area contributed by atoms with E-state index in [2.05, 4.69) is 15.1 Å². The lowest BCUT2D eigenvalue weighted by atomic mass is 10.0. The van der Waals surface area contributed by atoms with Gasteiger partial charge in [-0.3, -0.25) is 4.79 Å². The van der Waals surface area contributed by atoms with Gasteiger partial charge in [-0.05, 0) is 37.5 Å². The molecule has 0 bridgehead atoms. The Hall–Kier alpha value is -3.18. The first-order valence-electron chi connectivity index (χ1n) is 10.8. The van der Waals surface area contributed by atoms with Crippen LogP contribution in [-0.2, 0) is 6.42 Å². The van der Waals surface area contributed by atoms with Crippen LogP contribution in [0.1, 0.15) is 39.1 Å². The molecular formula is C23H20ClF3N6OS. The molecule has 35 heavy (non-hydrogen) atoms. The second kappa shape index (κ2) is 8.80. The summed E-state index contributed by atoms with van der Waals surface area (Å²) in [4.78, 5) is 24.1. The van der Waals surface area contributed by atoms with E-state index in [1.807, 2.05) is 4.90 Å². The number of hydrogen-bond acceptors (Lipinski definition) is 6. The summed E-state index contributed by atoms with van der Waals surface area (Å²) in [7, 11) is 1.17. The number of thiazole rings is 1. The lowest BCUT2D eigenvalue weighted by Gasteiger charge is -2.32. The quantitative estimate of drug-likeness (QED) is 0.350. The molecule has 12 heteroatoms. The molecule has 0 unspecified atom stereocenters. The Bertz CT molecular complexity index is 1400. The van der Waals surface area contributed by atoms with Crippen molar-refractivity contribution in [1.82, 2.24) is 24.5 Å². The van der Waals surface area contributed by atoms with Crippen LogP contribution in [0, 0.1) is 6.92 Å². The van der Waals surface area contributed by atoms with Crippen molar-refractivity contribution in [3.63, 3.8) is 0 Å². The molecule has 5 rings (SSSR count). The van der Waals surface area contributed by atoms with Crippen molar-refractivity contribution in [1.29, 1.82) is 0 Å². The summed E-state index contributed by atoms with van der Waals surface area (Å²) < 4.78 is 44.1. The third-order valence-electron chi connectivity index (χ3n) is 6.10. The number of amides is 1. The van der Waals surface area contributed by atoms with Gasteiger partial charge in [0.05, 0.1) is 28.8 Å². The van der Waals surface area contributed by atoms with Crippen LogP contribution in [0.5, 0.6) is 0 Å². The first-order valence-corrected chi connectivity index (χ1v) is 12.1. The predicted molar refractivity (Wildman–Crippen MR) is 128 cm³/mol. The van der Waals surface area contributed by atoms with E-state index < -0.39 is 18.1 Å². The Labute approximate surface area is 207 Å². The molecule has 3 aromatic heterocycles. The van der Waals surface area contributed by atoms with Gasteiger partial charge >= 0.3 is 6.18 Å². The molecule has 1 atom stereocenters. The number of fused-ring (bicyclic) bond motifs is 3. The molecule has 0 radical (unpaired) electrons. The van der Waals surface area contributed by atoms with Crippen LogP contribution in [0.3, 0.4) is 0 Å². The zero-order chi connectivity index (χ0) is 24.9. The number of benzene rings is 1. The molecule has 7 nitrogen and oxygen atoms in total. The topological polar surface area (TPSA) is 66.6 Å². The Balaban J connectivity index is 1.47. The zero-order valence-corrected chi connectivity index (χ0v) is 20.3. The molecule has 0 N–H and O–H groups in total. The lowest BCUT2D eigenvalue weighted by Crippen LogP contribution is -2.39. The Morgan fingerprint density at radius 3 is 2.63 bits per heavy atom. The number of aromatic nitrogens is 4. The smallest absolute Gasteiger partial charge is 0.339 e. The van der Waals surface area contributed by atoms with Gasteiger partial charge in [0.2, 0.25) is 0 Å². The third-order valence-corrected chi connectivity index (χ3v) is 7.20. The van der Waals surface area contributed by atoms with Crippen LogP contribution in [0.25, 0.3) is 5.65 Å². The maximum atomic E-state index is 14.1. The van der Waals surface area contributed by atoms with E-state index in [1.54, 1.807) is 35.8 Å². The zero-order valence-electron chi connectivity index (χ0n) is 18.8. The summed E-state index contributed by atoms with van der Waals surface area (Å²) in [6.07, 6.45) is -1.31. The average molecular weight is 521 g/mol. The molecule has 4 heterocycles. The fourth-order valence-electron chi connectivity index (χ4n) is 4.45. The van der Waals surface area contributed by atoms with Gasteiger partial charge in [0.1, 0.15) is 4.88 Å². The molecule has 0 aliphatic carbocycles. The number of anilines is 2. The molecule has 182 valence electrons. The van der Waals surface area contributed by atoms with Crippen LogP contribution in [0.15, 0.2) is 42.0 Å². The maximum absolute atomic E-state index is 14.1. The fraction of sp³-hybridized carbons (Fsp3) is 0.304. The minimum atomic E-state index is -4.66. The Kier molecular flexibility index (Phi) is 5.92. The van der Waals surface area contributed by atoms with Gasteiger partial charge in [0.15, 0.2) is 16.8 Å². The van der Waals surface area contributed by atoms with E-state index in [-0.39, 0.29) is 10.4 Å². The summed E-state index contributed by atoms with van der Waals surface area (Å²) >= 11 is 7.07. The van der Waals surface area contributed by atoms with Gasteiger partial charge in [0.25, 0.3) is 5.91 Å². The number of nitrogens with zero attached hydrogens (tertiary/aromatic N) is 6. The number of carbonyl (C=O) groups is 1. The molecule has 0 saturated carbocycles. The van der Waals surface area contributed by atoms with Gasteiger partial charge in [-0.1, -0.05) is 23.7 Å². The number of aryl methyl sites for hydroxylation is 2. The molecule has 1 amide bonds. The minimum Gasteiger partial charge on any atom is -0.339 e. The Morgan fingerprint density at radius 1 is 1.23 bits per heavy atom. The molecule has 0 spiro atoms. The van der Waals surface area contributed by atoms with Crippen LogP contribution in [0.4, 0.5) is 24.5 Å².